The first kappa shape index (κ1) is 30.1. The molecule has 1 aromatic heterocycles. The Morgan fingerprint density at radius 1 is 0.373 bits per heavy atom. The molecule has 0 unspecified atom stereocenters. The van der Waals surface area contributed by atoms with Crippen molar-refractivity contribution in [3.63, 3.8) is 0 Å². The van der Waals surface area contributed by atoms with Crippen molar-refractivity contribution in [2.24, 2.45) is 0 Å². The fourth-order valence-corrected chi connectivity index (χ4v) is 7.65. The van der Waals surface area contributed by atoms with Crippen LogP contribution < -0.4 is 0 Å². The van der Waals surface area contributed by atoms with Gasteiger partial charge in [0.15, 0.2) is 17.5 Å². The maximum absolute atomic E-state index is 9.70. The van der Waals surface area contributed by atoms with Crippen molar-refractivity contribution in [1.82, 2.24) is 15.0 Å². The van der Waals surface area contributed by atoms with Crippen LogP contribution in [0.2, 0.25) is 0 Å². The number of rotatable bonds is 6. The zero-order valence-corrected chi connectivity index (χ0v) is 27.6. The SMILES string of the molecule is N#Cc1ccccc1-c1ccc(-c2nc(-c3ccccc3)nc(-c3cccc4c3-c3ccccc3C4(c3ccccc3)c3ccccc3)n2)cc1. The number of nitrogens with zero attached hydrogens (tertiary/aromatic N) is 4. The summed E-state index contributed by atoms with van der Waals surface area (Å²) in [6, 6.07) is 65.0. The second-order valence-corrected chi connectivity index (χ2v) is 12.7. The Balaban J connectivity index is 1.28. The third-order valence-electron chi connectivity index (χ3n) is 9.89. The first-order chi connectivity index (χ1) is 25.3. The lowest BCUT2D eigenvalue weighted by Crippen LogP contribution is -2.28. The molecule has 0 N–H and O–H groups in total. The van der Waals surface area contributed by atoms with Gasteiger partial charge in [0.2, 0.25) is 0 Å². The lowest BCUT2D eigenvalue weighted by atomic mass is 9.67. The van der Waals surface area contributed by atoms with E-state index in [2.05, 4.69) is 109 Å². The fraction of sp³-hybridized carbons (Fsp3) is 0.0213. The fourth-order valence-electron chi connectivity index (χ4n) is 7.65. The van der Waals surface area contributed by atoms with Crippen LogP contribution in [0, 0.1) is 11.3 Å². The molecule has 0 atom stereocenters. The second-order valence-electron chi connectivity index (χ2n) is 12.7. The molecule has 9 rings (SSSR count). The van der Waals surface area contributed by atoms with Crippen molar-refractivity contribution in [3.8, 4) is 62.5 Å². The van der Waals surface area contributed by atoms with E-state index < -0.39 is 5.41 Å². The zero-order valence-electron chi connectivity index (χ0n) is 27.6. The molecule has 4 nitrogen and oxygen atoms in total. The third kappa shape index (κ3) is 4.95. The van der Waals surface area contributed by atoms with Gasteiger partial charge in [-0.1, -0.05) is 176 Å². The molecule has 8 aromatic rings. The summed E-state index contributed by atoms with van der Waals surface area (Å²) in [5, 5.41) is 9.70. The van der Waals surface area contributed by atoms with Crippen LogP contribution in [0.4, 0.5) is 0 Å². The van der Waals surface area contributed by atoms with Crippen molar-refractivity contribution in [2.45, 2.75) is 5.41 Å². The van der Waals surface area contributed by atoms with Crippen LogP contribution in [0.15, 0.2) is 182 Å². The Labute approximate surface area is 297 Å². The molecular formula is C47H30N4. The van der Waals surface area contributed by atoms with E-state index in [0.717, 1.165) is 33.4 Å². The van der Waals surface area contributed by atoms with Gasteiger partial charge in [-0.15, -0.1) is 0 Å². The summed E-state index contributed by atoms with van der Waals surface area (Å²) in [6.45, 7) is 0. The lowest BCUT2D eigenvalue weighted by Gasteiger charge is -2.33. The second kappa shape index (κ2) is 12.5. The van der Waals surface area contributed by atoms with E-state index in [1.54, 1.807) is 0 Å². The van der Waals surface area contributed by atoms with E-state index in [-0.39, 0.29) is 0 Å². The predicted molar refractivity (Wildman–Crippen MR) is 204 cm³/mol. The normalized spacial score (nSPS) is 12.5. The standard InChI is InChI=1S/C47H30N4/c48-31-35-17-10-11-22-38(35)32-27-29-34(30-28-32)45-49-44(33-15-4-1-5-16-33)50-46(51-45)40-24-14-26-42-43(40)39-23-12-13-25-41(39)47(42,36-18-6-2-7-19-36)37-20-8-3-9-21-37/h1-30H. The smallest absolute Gasteiger partial charge is 0.164 e. The van der Waals surface area contributed by atoms with Crippen molar-refractivity contribution < 1.29 is 0 Å². The minimum atomic E-state index is -0.530. The van der Waals surface area contributed by atoms with Crippen LogP contribution in [-0.2, 0) is 5.41 Å². The highest BCUT2D eigenvalue weighted by molar-refractivity contribution is 5.94. The van der Waals surface area contributed by atoms with Gasteiger partial charge in [0.25, 0.3) is 0 Å². The summed E-state index contributed by atoms with van der Waals surface area (Å²) in [7, 11) is 0. The molecule has 0 spiro atoms. The molecule has 238 valence electrons. The molecule has 0 saturated carbocycles. The summed E-state index contributed by atoms with van der Waals surface area (Å²) >= 11 is 0. The van der Waals surface area contributed by atoms with Crippen molar-refractivity contribution in [3.05, 3.63) is 210 Å². The van der Waals surface area contributed by atoms with Crippen LogP contribution in [0.25, 0.3) is 56.4 Å². The first-order valence-electron chi connectivity index (χ1n) is 17.0. The topological polar surface area (TPSA) is 62.5 Å². The number of nitriles is 1. The van der Waals surface area contributed by atoms with E-state index in [9.17, 15) is 5.26 Å². The van der Waals surface area contributed by atoms with Gasteiger partial charge in [0.1, 0.15) is 0 Å². The zero-order chi connectivity index (χ0) is 34.2. The van der Waals surface area contributed by atoms with Gasteiger partial charge >= 0.3 is 0 Å². The van der Waals surface area contributed by atoms with E-state index in [1.807, 2.05) is 78.9 Å². The molecule has 0 amide bonds. The third-order valence-corrected chi connectivity index (χ3v) is 9.89. The Hall–Kier alpha value is -6.96. The molecule has 0 fully saturated rings. The van der Waals surface area contributed by atoms with E-state index in [1.165, 1.54) is 27.8 Å². The maximum atomic E-state index is 9.70. The molecule has 4 heteroatoms. The highest BCUT2D eigenvalue weighted by Gasteiger charge is 2.47. The molecule has 1 aliphatic carbocycles. The predicted octanol–water partition coefficient (Wildman–Crippen LogP) is 10.8. The Morgan fingerprint density at radius 2 is 0.843 bits per heavy atom. The van der Waals surface area contributed by atoms with Crippen LogP contribution in [-0.4, -0.2) is 15.0 Å². The molecule has 0 saturated heterocycles. The first-order valence-corrected chi connectivity index (χ1v) is 17.0. The molecule has 0 bridgehead atoms. The Kier molecular flexibility index (Phi) is 7.38. The van der Waals surface area contributed by atoms with Crippen molar-refractivity contribution in [2.75, 3.05) is 0 Å². The largest absolute Gasteiger partial charge is 0.208 e. The summed E-state index contributed by atoms with van der Waals surface area (Å²) in [6.07, 6.45) is 0. The number of hydrogen-bond donors (Lipinski definition) is 0. The number of hydrogen-bond acceptors (Lipinski definition) is 4. The van der Waals surface area contributed by atoms with Gasteiger partial charge in [0.05, 0.1) is 17.0 Å². The van der Waals surface area contributed by atoms with E-state index in [4.69, 9.17) is 15.0 Å². The van der Waals surface area contributed by atoms with Crippen molar-refractivity contribution in [1.29, 1.82) is 5.26 Å². The summed E-state index contributed by atoms with van der Waals surface area (Å²) in [5.41, 5.74) is 11.8. The molecule has 1 aliphatic rings. The average molecular weight is 651 g/mol. The molecule has 7 aromatic carbocycles. The van der Waals surface area contributed by atoms with Crippen LogP contribution in [0.1, 0.15) is 27.8 Å². The number of aromatic nitrogens is 3. The Morgan fingerprint density at radius 3 is 1.49 bits per heavy atom. The van der Waals surface area contributed by atoms with Gasteiger partial charge in [-0.25, -0.2) is 15.0 Å². The van der Waals surface area contributed by atoms with Gasteiger partial charge in [-0.3, -0.25) is 0 Å². The molecule has 1 heterocycles. The maximum Gasteiger partial charge on any atom is 0.164 e. The summed E-state index contributed by atoms with van der Waals surface area (Å²) in [4.78, 5) is 15.4. The molecule has 51 heavy (non-hydrogen) atoms. The average Bonchev–Trinajstić information content (AvgIpc) is 3.53. The quantitative estimate of drug-likeness (QED) is 0.180. The van der Waals surface area contributed by atoms with Gasteiger partial charge in [0, 0.05) is 16.7 Å². The molecular weight excluding hydrogens is 621 g/mol. The van der Waals surface area contributed by atoms with E-state index >= 15 is 0 Å². The summed E-state index contributed by atoms with van der Waals surface area (Å²) in [5.74, 6) is 1.80. The van der Waals surface area contributed by atoms with Crippen LogP contribution in [0.3, 0.4) is 0 Å². The van der Waals surface area contributed by atoms with Crippen LogP contribution >= 0.6 is 0 Å². The number of benzene rings is 7. The Bertz CT molecular complexity index is 2530. The minimum absolute atomic E-state index is 0.530. The van der Waals surface area contributed by atoms with Gasteiger partial charge in [-0.05, 0) is 50.6 Å². The van der Waals surface area contributed by atoms with Gasteiger partial charge in [-0.2, -0.15) is 5.26 Å². The van der Waals surface area contributed by atoms with Crippen molar-refractivity contribution >= 4 is 0 Å². The van der Waals surface area contributed by atoms with Crippen LogP contribution in [0.5, 0.6) is 0 Å². The molecule has 0 radical (unpaired) electrons. The van der Waals surface area contributed by atoms with E-state index in [0.29, 0.717) is 23.0 Å². The summed E-state index contributed by atoms with van der Waals surface area (Å²) < 4.78 is 0. The molecule has 0 aliphatic heterocycles. The lowest BCUT2D eigenvalue weighted by molar-refractivity contribution is 0.768. The monoisotopic (exact) mass is 650 g/mol. The highest BCUT2D eigenvalue weighted by atomic mass is 15.0. The number of fused-ring (bicyclic) bond motifs is 3. The minimum Gasteiger partial charge on any atom is -0.208 e. The highest BCUT2D eigenvalue weighted by Crippen LogP contribution is 2.58. The van der Waals surface area contributed by atoms with Gasteiger partial charge < -0.3 is 0 Å².